The second kappa shape index (κ2) is 15.3. The van der Waals surface area contributed by atoms with Gasteiger partial charge in [0, 0.05) is 43.1 Å². The van der Waals surface area contributed by atoms with Gasteiger partial charge in [0.25, 0.3) is 5.91 Å². The molecule has 0 saturated heterocycles. The van der Waals surface area contributed by atoms with Crippen LogP contribution in [0.15, 0.2) is 48.9 Å². The van der Waals surface area contributed by atoms with Gasteiger partial charge in [-0.3, -0.25) is 9.20 Å². The first-order valence-corrected chi connectivity index (χ1v) is 14.2. The first-order chi connectivity index (χ1) is 20.7. The van der Waals surface area contributed by atoms with Crippen molar-refractivity contribution in [3.05, 3.63) is 71.1 Å². The molecule has 0 saturated carbocycles. The number of nitrogens with zero attached hydrogens (tertiary/aromatic N) is 4. The number of carboxylic acid groups (broad SMARTS) is 1. The fourth-order valence-electron chi connectivity index (χ4n) is 4.86. The fraction of sp³-hybridized carbons (Fsp3) is 0.333. The third-order valence-corrected chi connectivity index (χ3v) is 7.87. The van der Waals surface area contributed by atoms with Gasteiger partial charge in [0.1, 0.15) is 0 Å². The van der Waals surface area contributed by atoms with Gasteiger partial charge in [-0.25, -0.2) is 14.4 Å². The van der Waals surface area contributed by atoms with Crippen molar-refractivity contribution in [1.82, 2.24) is 19.7 Å². The molecule has 0 bridgehead atoms. The Labute approximate surface area is 253 Å². The Balaban J connectivity index is 0.00000162. The number of hydrogen-bond acceptors (Lipinski definition) is 7. The first kappa shape index (κ1) is 33.2. The number of fused-ring (bicyclic) bond motifs is 1. The first-order valence-electron chi connectivity index (χ1n) is 13.8. The van der Waals surface area contributed by atoms with Crippen LogP contribution in [0.1, 0.15) is 37.6 Å². The van der Waals surface area contributed by atoms with Crippen molar-refractivity contribution >= 4 is 41.1 Å². The number of ether oxygens (including phenoxy) is 1. The van der Waals surface area contributed by atoms with E-state index in [1.165, 1.54) is 31.6 Å². The lowest BCUT2D eigenvalue weighted by molar-refractivity contribution is -0.923. The molecule has 0 fully saturated rings. The SMILES string of the molecule is CC[N+](CC)(CC)CCCNC(=O)c1ccc(Nc2nccn3c(-c4ccc(OC)c(F)c4F)cnc23)cc1Cl.O=C[O-]. The Kier molecular flexibility index (Phi) is 11.8. The summed E-state index contributed by atoms with van der Waals surface area (Å²) in [6.07, 6.45) is 5.45. The highest BCUT2D eigenvalue weighted by Gasteiger charge is 2.21. The van der Waals surface area contributed by atoms with E-state index in [2.05, 4.69) is 41.4 Å². The van der Waals surface area contributed by atoms with Crippen molar-refractivity contribution < 1.29 is 32.7 Å². The molecule has 2 N–H and O–H groups in total. The summed E-state index contributed by atoms with van der Waals surface area (Å²) in [5.74, 6) is -2.14. The second-order valence-corrected chi connectivity index (χ2v) is 10.0. The van der Waals surface area contributed by atoms with E-state index < -0.39 is 18.1 Å². The molecule has 2 aromatic carbocycles. The summed E-state index contributed by atoms with van der Waals surface area (Å²) < 4.78 is 36.6. The zero-order valence-corrected chi connectivity index (χ0v) is 25.3. The average Bonchev–Trinajstić information content (AvgIpc) is 3.44. The molecule has 43 heavy (non-hydrogen) atoms. The van der Waals surface area contributed by atoms with Crippen LogP contribution in [0.4, 0.5) is 20.3 Å². The van der Waals surface area contributed by atoms with Gasteiger partial charge in [-0.2, -0.15) is 4.39 Å². The van der Waals surface area contributed by atoms with Gasteiger partial charge in [0.15, 0.2) is 23.0 Å². The smallest absolute Gasteiger partial charge is 0.252 e. The molecule has 4 aromatic rings. The van der Waals surface area contributed by atoms with E-state index in [0.717, 1.165) is 37.1 Å². The molecule has 0 unspecified atom stereocenters. The largest absolute Gasteiger partial charge is 0.554 e. The Morgan fingerprint density at radius 1 is 1.12 bits per heavy atom. The quantitative estimate of drug-likeness (QED) is 0.137. The lowest BCUT2D eigenvalue weighted by atomic mass is 10.1. The number of benzene rings is 2. The van der Waals surface area contributed by atoms with Crippen LogP contribution in [0.25, 0.3) is 16.9 Å². The number of anilines is 2. The van der Waals surface area contributed by atoms with Gasteiger partial charge in [-0.05, 0) is 51.1 Å². The van der Waals surface area contributed by atoms with E-state index in [1.807, 2.05) is 0 Å². The molecular weight excluding hydrogens is 582 g/mol. The van der Waals surface area contributed by atoms with E-state index in [0.29, 0.717) is 35.0 Å². The number of rotatable bonds is 12. The number of imidazole rings is 1. The maximum absolute atomic E-state index is 14.8. The topological polar surface area (TPSA) is 121 Å². The molecule has 230 valence electrons. The van der Waals surface area contributed by atoms with Crippen LogP contribution in [0.2, 0.25) is 5.02 Å². The number of carbonyl (C=O) groups excluding carboxylic acids is 2. The number of halogens is 3. The highest BCUT2D eigenvalue weighted by Crippen LogP contribution is 2.32. The molecule has 13 heteroatoms. The zero-order valence-electron chi connectivity index (χ0n) is 24.5. The number of carbonyl (C=O) groups is 2. The van der Waals surface area contributed by atoms with E-state index >= 15 is 0 Å². The molecule has 4 rings (SSSR count). The lowest BCUT2D eigenvalue weighted by Crippen LogP contribution is -2.48. The Hall–Kier alpha value is -4.29. The summed E-state index contributed by atoms with van der Waals surface area (Å²) in [6, 6.07) is 7.81. The van der Waals surface area contributed by atoms with Gasteiger partial charge in [0.2, 0.25) is 5.82 Å². The van der Waals surface area contributed by atoms with E-state index in [9.17, 15) is 13.6 Å². The minimum atomic E-state index is -1.07. The van der Waals surface area contributed by atoms with E-state index in [4.69, 9.17) is 26.2 Å². The van der Waals surface area contributed by atoms with Crippen LogP contribution < -0.4 is 20.5 Å². The fourth-order valence-corrected chi connectivity index (χ4v) is 5.13. The zero-order chi connectivity index (χ0) is 31.6. The van der Waals surface area contributed by atoms with Gasteiger partial charge in [0.05, 0.1) is 55.8 Å². The molecule has 0 spiro atoms. The third kappa shape index (κ3) is 7.57. The normalized spacial score (nSPS) is 11.0. The number of nitrogens with one attached hydrogen (secondary N) is 2. The van der Waals surface area contributed by atoms with Gasteiger partial charge in [-0.15, -0.1) is 0 Å². The Bertz CT molecular complexity index is 1550. The minimum Gasteiger partial charge on any atom is -0.554 e. The van der Waals surface area contributed by atoms with E-state index in [-0.39, 0.29) is 22.2 Å². The summed E-state index contributed by atoms with van der Waals surface area (Å²) in [7, 11) is 1.28. The van der Waals surface area contributed by atoms with Crippen molar-refractivity contribution in [3.8, 4) is 17.0 Å². The summed E-state index contributed by atoms with van der Waals surface area (Å²) >= 11 is 6.47. The van der Waals surface area contributed by atoms with Crippen LogP contribution in [0.3, 0.4) is 0 Å². The highest BCUT2D eigenvalue weighted by molar-refractivity contribution is 6.34. The molecular formula is C30H35ClF2N6O4. The summed E-state index contributed by atoms with van der Waals surface area (Å²) in [5.41, 5.74) is 1.74. The molecule has 10 nitrogen and oxygen atoms in total. The minimum absolute atomic E-state index is 0.0325. The van der Waals surface area contributed by atoms with Gasteiger partial charge >= 0.3 is 0 Å². The molecule has 2 aromatic heterocycles. The van der Waals surface area contributed by atoms with Gasteiger partial charge < -0.3 is 29.8 Å². The standard InChI is InChI=1S/C29H33ClF2N6O2.CH2O2/c1-5-38(6-2,7-3)16-8-13-34-29(39)20-10-9-19(17-22(20)30)36-27-28-35-18-23(37(28)15-14-33-27)21-11-12-24(40-4)26(32)25(21)31;2-1-3/h9-12,14-15,17-18H,5-8,13,16H2,1-4H3,(H-,33,34,36,39);1H,(H,2,3). The maximum Gasteiger partial charge on any atom is 0.252 e. The maximum atomic E-state index is 14.8. The van der Waals surface area contributed by atoms with Gasteiger partial charge in [-0.1, -0.05) is 11.6 Å². The Morgan fingerprint density at radius 3 is 2.44 bits per heavy atom. The molecule has 0 radical (unpaired) electrons. The molecule has 0 atom stereocenters. The monoisotopic (exact) mass is 616 g/mol. The lowest BCUT2D eigenvalue weighted by Gasteiger charge is -2.35. The van der Waals surface area contributed by atoms with Crippen LogP contribution in [0, 0.1) is 11.6 Å². The van der Waals surface area contributed by atoms with Crippen LogP contribution in [-0.4, -0.2) is 71.1 Å². The van der Waals surface area contributed by atoms with Crippen molar-refractivity contribution in [3.63, 3.8) is 0 Å². The third-order valence-electron chi connectivity index (χ3n) is 7.55. The Morgan fingerprint density at radius 2 is 1.81 bits per heavy atom. The molecule has 0 aliphatic rings. The van der Waals surface area contributed by atoms with Crippen molar-refractivity contribution in [2.45, 2.75) is 27.2 Å². The van der Waals surface area contributed by atoms with E-state index in [1.54, 1.807) is 28.8 Å². The van der Waals surface area contributed by atoms with Crippen molar-refractivity contribution in [2.24, 2.45) is 0 Å². The van der Waals surface area contributed by atoms with Crippen LogP contribution >= 0.6 is 11.6 Å². The second-order valence-electron chi connectivity index (χ2n) is 9.60. The highest BCUT2D eigenvalue weighted by atomic mass is 35.5. The number of aromatic nitrogens is 3. The number of hydrogen-bond donors (Lipinski definition) is 2. The van der Waals surface area contributed by atoms with Crippen molar-refractivity contribution in [1.29, 1.82) is 0 Å². The molecule has 1 amide bonds. The number of amides is 1. The predicted molar refractivity (Wildman–Crippen MR) is 159 cm³/mol. The molecule has 0 aliphatic heterocycles. The summed E-state index contributed by atoms with van der Waals surface area (Å²) in [4.78, 5) is 29.7. The summed E-state index contributed by atoms with van der Waals surface area (Å²) in [5, 5.41) is 14.7. The average molecular weight is 617 g/mol. The van der Waals surface area contributed by atoms with Crippen molar-refractivity contribution in [2.75, 3.05) is 45.2 Å². The predicted octanol–water partition coefficient (Wildman–Crippen LogP) is 4.44. The van der Waals surface area contributed by atoms with Crippen LogP contribution in [0.5, 0.6) is 5.75 Å². The number of methoxy groups -OCH3 is 1. The molecule has 2 heterocycles. The molecule has 0 aliphatic carbocycles. The summed E-state index contributed by atoms with van der Waals surface area (Å²) in [6.45, 7) is 10.9. The van der Waals surface area contributed by atoms with Crippen LogP contribution in [-0.2, 0) is 4.79 Å². The number of quaternary nitrogens is 1.